The molecule has 0 aliphatic heterocycles. The predicted octanol–water partition coefficient (Wildman–Crippen LogP) is 2.77. The van der Waals surface area contributed by atoms with E-state index >= 15 is 0 Å². The number of anilines is 1. The van der Waals surface area contributed by atoms with Crippen LogP contribution in [-0.4, -0.2) is 26.0 Å². The van der Waals surface area contributed by atoms with Crippen LogP contribution in [0.15, 0.2) is 48.8 Å². The molecule has 1 amide bonds. The number of amides is 1. The normalized spacial score (nSPS) is 10.4. The SMILES string of the molecule is O=C(Nc1ccc(-c2ncn[nH]2)cc1)c1ccc([N+](=O)[O-])cc1F. The summed E-state index contributed by atoms with van der Waals surface area (Å²) in [4.78, 5) is 25.9. The Balaban J connectivity index is 1.76. The number of nitro groups is 1. The average molecular weight is 327 g/mol. The van der Waals surface area contributed by atoms with Crippen molar-refractivity contribution in [3.05, 3.63) is 70.3 Å². The van der Waals surface area contributed by atoms with Gasteiger partial charge >= 0.3 is 0 Å². The number of aromatic amines is 1. The number of benzene rings is 2. The number of carbonyl (C=O) groups is 1. The van der Waals surface area contributed by atoms with Gasteiger partial charge < -0.3 is 5.32 Å². The molecule has 0 bridgehead atoms. The second-order valence-electron chi connectivity index (χ2n) is 4.79. The smallest absolute Gasteiger partial charge is 0.272 e. The molecule has 1 aromatic heterocycles. The lowest BCUT2D eigenvalue weighted by Gasteiger charge is -2.06. The highest BCUT2D eigenvalue weighted by Crippen LogP contribution is 2.20. The van der Waals surface area contributed by atoms with Crippen LogP contribution in [0.5, 0.6) is 0 Å². The number of H-pyrrole nitrogens is 1. The second-order valence-corrected chi connectivity index (χ2v) is 4.79. The zero-order chi connectivity index (χ0) is 17.1. The number of nitrogens with zero attached hydrogens (tertiary/aromatic N) is 3. The number of halogens is 1. The van der Waals surface area contributed by atoms with Gasteiger partial charge in [-0.05, 0) is 30.3 Å². The van der Waals surface area contributed by atoms with Gasteiger partial charge in [0.15, 0.2) is 5.82 Å². The van der Waals surface area contributed by atoms with E-state index in [-0.39, 0.29) is 5.56 Å². The molecule has 0 saturated carbocycles. The van der Waals surface area contributed by atoms with E-state index in [4.69, 9.17) is 0 Å². The molecule has 3 aromatic rings. The quantitative estimate of drug-likeness (QED) is 0.565. The Kier molecular flexibility index (Phi) is 3.98. The van der Waals surface area contributed by atoms with E-state index in [0.717, 1.165) is 17.7 Å². The Morgan fingerprint density at radius 1 is 1.21 bits per heavy atom. The number of aromatic nitrogens is 3. The van der Waals surface area contributed by atoms with Crippen LogP contribution in [-0.2, 0) is 0 Å². The van der Waals surface area contributed by atoms with Crippen LogP contribution in [0.25, 0.3) is 11.4 Å². The van der Waals surface area contributed by atoms with E-state index in [1.54, 1.807) is 24.3 Å². The third-order valence-electron chi connectivity index (χ3n) is 3.24. The van der Waals surface area contributed by atoms with Crippen LogP contribution in [0.4, 0.5) is 15.8 Å². The molecule has 0 aliphatic carbocycles. The van der Waals surface area contributed by atoms with Gasteiger partial charge in [-0.15, -0.1) is 0 Å². The van der Waals surface area contributed by atoms with Crippen molar-refractivity contribution in [1.82, 2.24) is 15.2 Å². The van der Waals surface area contributed by atoms with Crippen LogP contribution in [0.2, 0.25) is 0 Å². The van der Waals surface area contributed by atoms with E-state index in [0.29, 0.717) is 17.6 Å². The molecule has 0 spiro atoms. The highest BCUT2D eigenvalue weighted by Gasteiger charge is 2.16. The van der Waals surface area contributed by atoms with Crippen LogP contribution >= 0.6 is 0 Å². The minimum Gasteiger partial charge on any atom is -0.322 e. The van der Waals surface area contributed by atoms with E-state index in [9.17, 15) is 19.3 Å². The van der Waals surface area contributed by atoms with Gasteiger partial charge in [0.1, 0.15) is 12.1 Å². The first-order valence-corrected chi connectivity index (χ1v) is 6.75. The Hall–Kier alpha value is -3.62. The van der Waals surface area contributed by atoms with Crippen molar-refractivity contribution < 1.29 is 14.1 Å². The van der Waals surface area contributed by atoms with E-state index in [2.05, 4.69) is 20.5 Å². The maximum atomic E-state index is 13.8. The zero-order valence-electron chi connectivity index (χ0n) is 12.1. The van der Waals surface area contributed by atoms with Crippen molar-refractivity contribution in [3.8, 4) is 11.4 Å². The molecule has 0 fully saturated rings. The van der Waals surface area contributed by atoms with Crippen molar-refractivity contribution in [3.63, 3.8) is 0 Å². The van der Waals surface area contributed by atoms with Gasteiger partial charge in [-0.2, -0.15) is 5.10 Å². The standard InChI is InChI=1S/C15H10FN5O3/c16-13-7-11(21(23)24)5-6-12(13)15(22)19-10-3-1-9(2-4-10)14-17-8-18-20-14/h1-8H,(H,19,22)(H,17,18,20). The Morgan fingerprint density at radius 3 is 2.54 bits per heavy atom. The number of nitrogens with one attached hydrogen (secondary N) is 2. The molecule has 2 N–H and O–H groups in total. The summed E-state index contributed by atoms with van der Waals surface area (Å²) in [5.74, 6) is -1.08. The van der Waals surface area contributed by atoms with Crippen molar-refractivity contribution in [2.75, 3.05) is 5.32 Å². The van der Waals surface area contributed by atoms with Crippen molar-refractivity contribution in [2.24, 2.45) is 0 Å². The minimum absolute atomic E-state index is 0.278. The molecule has 8 nitrogen and oxygen atoms in total. The fourth-order valence-corrected chi connectivity index (χ4v) is 2.06. The Morgan fingerprint density at radius 2 is 1.96 bits per heavy atom. The van der Waals surface area contributed by atoms with Crippen LogP contribution in [0.3, 0.4) is 0 Å². The molecule has 24 heavy (non-hydrogen) atoms. The van der Waals surface area contributed by atoms with Crippen molar-refractivity contribution in [2.45, 2.75) is 0 Å². The first kappa shape index (κ1) is 15.3. The topological polar surface area (TPSA) is 114 Å². The summed E-state index contributed by atoms with van der Waals surface area (Å²) in [5.41, 5.74) is 0.522. The average Bonchev–Trinajstić information content (AvgIpc) is 3.09. The molecule has 0 aliphatic rings. The lowest BCUT2D eigenvalue weighted by molar-refractivity contribution is -0.385. The zero-order valence-corrected chi connectivity index (χ0v) is 12.1. The van der Waals surface area contributed by atoms with Crippen LogP contribution < -0.4 is 5.32 Å². The lowest BCUT2D eigenvalue weighted by atomic mass is 10.1. The second kappa shape index (κ2) is 6.24. The molecule has 0 saturated heterocycles. The Bertz CT molecular complexity index is 894. The van der Waals surface area contributed by atoms with Gasteiger partial charge in [0.2, 0.25) is 0 Å². The summed E-state index contributed by atoms with van der Waals surface area (Å²) < 4.78 is 13.8. The minimum atomic E-state index is -0.958. The molecule has 0 atom stereocenters. The van der Waals surface area contributed by atoms with E-state index in [1.165, 1.54) is 6.33 Å². The molecule has 0 radical (unpaired) electrons. The fourth-order valence-electron chi connectivity index (χ4n) is 2.06. The third kappa shape index (κ3) is 3.09. The number of rotatable bonds is 4. The largest absolute Gasteiger partial charge is 0.322 e. The summed E-state index contributed by atoms with van der Waals surface area (Å²) in [6.07, 6.45) is 1.38. The number of hydrogen-bond donors (Lipinski definition) is 2. The van der Waals surface area contributed by atoms with Crippen LogP contribution in [0.1, 0.15) is 10.4 Å². The molecular weight excluding hydrogens is 317 g/mol. The van der Waals surface area contributed by atoms with Gasteiger partial charge in [0, 0.05) is 17.3 Å². The number of hydrogen-bond acceptors (Lipinski definition) is 5. The summed E-state index contributed by atoms with van der Waals surface area (Å²) in [6, 6.07) is 9.53. The third-order valence-corrected chi connectivity index (χ3v) is 3.24. The Labute approximate surface area is 134 Å². The molecular formula is C15H10FN5O3. The van der Waals surface area contributed by atoms with Gasteiger partial charge in [-0.1, -0.05) is 0 Å². The summed E-state index contributed by atoms with van der Waals surface area (Å²) >= 11 is 0. The summed E-state index contributed by atoms with van der Waals surface area (Å²) in [7, 11) is 0. The molecule has 1 heterocycles. The van der Waals surface area contributed by atoms with Gasteiger partial charge in [-0.25, -0.2) is 9.37 Å². The highest BCUT2D eigenvalue weighted by molar-refractivity contribution is 6.04. The first-order chi connectivity index (χ1) is 11.5. The predicted molar refractivity (Wildman–Crippen MR) is 82.8 cm³/mol. The number of non-ortho nitro benzene ring substituents is 1. The van der Waals surface area contributed by atoms with E-state index < -0.39 is 22.3 Å². The molecule has 120 valence electrons. The summed E-state index contributed by atoms with van der Waals surface area (Å²) in [5, 5.41) is 19.6. The molecule has 2 aromatic carbocycles. The highest BCUT2D eigenvalue weighted by atomic mass is 19.1. The molecule has 3 rings (SSSR count). The lowest BCUT2D eigenvalue weighted by Crippen LogP contribution is -2.13. The van der Waals surface area contributed by atoms with E-state index in [1.807, 2.05) is 0 Å². The maximum absolute atomic E-state index is 13.8. The van der Waals surface area contributed by atoms with Crippen LogP contribution in [0, 0.1) is 15.9 Å². The first-order valence-electron chi connectivity index (χ1n) is 6.75. The molecule has 9 heteroatoms. The molecule has 0 unspecified atom stereocenters. The van der Waals surface area contributed by atoms with Crippen molar-refractivity contribution >= 4 is 17.3 Å². The fraction of sp³-hybridized carbons (Fsp3) is 0. The maximum Gasteiger partial charge on any atom is 0.272 e. The monoisotopic (exact) mass is 327 g/mol. The van der Waals surface area contributed by atoms with Crippen molar-refractivity contribution in [1.29, 1.82) is 0 Å². The number of nitro benzene ring substituents is 1. The number of carbonyl (C=O) groups excluding carboxylic acids is 1. The van der Waals surface area contributed by atoms with Gasteiger partial charge in [0.25, 0.3) is 11.6 Å². The van der Waals surface area contributed by atoms with Gasteiger partial charge in [0.05, 0.1) is 16.6 Å². The van der Waals surface area contributed by atoms with Gasteiger partial charge in [-0.3, -0.25) is 20.0 Å². The summed E-state index contributed by atoms with van der Waals surface area (Å²) in [6.45, 7) is 0.